The van der Waals surface area contributed by atoms with Crippen molar-refractivity contribution in [3.05, 3.63) is 138 Å². The average Bonchev–Trinajstić information content (AvgIpc) is 3.75. The van der Waals surface area contributed by atoms with Crippen LogP contribution in [0.15, 0.2) is 115 Å². The predicted molar refractivity (Wildman–Crippen MR) is 184 cm³/mol. The summed E-state index contributed by atoms with van der Waals surface area (Å²) in [7, 11) is 0. The van der Waals surface area contributed by atoms with Crippen LogP contribution in [0.3, 0.4) is 0 Å². The Kier molecular flexibility index (Phi) is 5.20. The molecule has 6 heteroatoms. The second-order valence-electron chi connectivity index (χ2n) is 11.1. The molecule has 0 amide bonds. The van der Waals surface area contributed by atoms with Gasteiger partial charge in [-0.05, 0) is 78.2 Å². The first-order valence-electron chi connectivity index (χ1n) is 14.4. The molecule has 0 spiro atoms. The average molecular weight is 590 g/mol. The first-order chi connectivity index (χ1) is 22.2. The molecule has 9 aromatic rings. The summed E-state index contributed by atoms with van der Waals surface area (Å²) in [5, 5.41) is 25.8. The van der Waals surface area contributed by atoms with Gasteiger partial charge < -0.3 is 9.13 Å². The monoisotopic (exact) mass is 589 g/mol. The van der Waals surface area contributed by atoms with Crippen LogP contribution in [0, 0.1) is 29.2 Å². The molecule has 0 fully saturated rings. The smallest absolute Gasteiger partial charge is 0.188 e. The third-order valence-electron chi connectivity index (χ3n) is 8.75. The van der Waals surface area contributed by atoms with Crippen LogP contribution in [0.2, 0.25) is 0 Å². The zero-order valence-electron chi connectivity index (χ0n) is 23.6. The second kappa shape index (κ2) is 9.30. The van der Waals surface area contributed by atoms with Gasteiger partial charge in [0.05, 0.1) is 56.6 Å². The second-order valence-corrected chi connectivity index (χ2v) is 12.2. The molecule has 3 aromatic heterocycles. The van der Waals surface area contributed by atoms with Gasteiger partial charge in [-0.1, -0.05) is 42.5 Å². The Bertz CT molecular complexity index is 2790. The van der Waals surface area contributed by atoms with Crippen molar-refractivity contribution in [2.75, 3.05) is 0 Å². The highest BCUT2D eigenvalue weighted by Crippen LogP contribution is 2.44. The lowest BCUT2D eigenvalue weighted by atomic mass is 10.1. The summed E-state index contributed by atoms with van der Waals surface area (Å²) in [5.74, 6) is 0. The SMILES string of the molecule is [C-]#[N+]c1ccc2c(c1)c1ccc3c4ccccc4sc3c1n2-c1cccc(-n2c3ccc(C#N)cc3c3cc(C#N)ccc32)c1. The standard InChI is InChI=1S/C39H19N5S/c1-42-25-11-16-36-33(19-25)29-12-13-30-28-7-2-3-8-37(28)45-39(30)38(29)44(36)27-6-4-5-26(20-27)43-34-14-9-23(21-40)17-31(34)32-18-24(22-41)10-15-35(32)43/h2-20H. The molecule has 45 heavy (non-hydrogen) atoms. The Morgan fingerprint density at radius 3 is 1.89 bits per heavy atom. The largest absolute Gasteiger partial charge is 0.309 e. The highest BCUT2D eigenvalue weighted by molar-refractivity contribution is 7.26. The zero-order chi connectivity index (χ0) is 30.2. The number of nitriles is 2. The number of hydrogen-bond donors (Lipinski definition) is 0. The molecule has 0 radical (unpaired) electrons. The van der Waals surface area contributed by atoms with E-state index in [4.69, 9.17) is 6.57 Å². The van der Waals surface area contributed by atoms with Crippen molar-refractivity contribution in [3.8, 4) is 23.5 Å². The van der Waals surface area contributed by atoms with Crippen LogP contribution in [0.4, 0.5) is 5.69 Å². The molecule has 9 rings (SSSR count). The highest BCUT2D eigenvalue weighted by Gasteiger charge is 2.19. The fraction of sp³-hybridized carbons (Fsp3) is 0. The van der Waals surface area contributed by atoms with E-state index in [1.54, 1.807) is 11.3 Å². The lowest BCUT2D eigenvalue weighted by Crippen LogP contribution is -1.98. The molecule has 0 aliphatic rings. The first kappa shape index (κ1) is 25.1. The summed E-state index contributed by atoms with van der Waals surface area (Å²) in [4.78, 5) is 3.74. The Hall–Kier alpha value is -6.39. The van der Waals surface area contributed by atoms with Crippen molar-refractivity contribution in [3.63, 3.8) is 0 Å². The van der Waals surface area contributed by atoms with Crippen molar-refractivity contribution in [2.45, 2.75) is 0 Å². The van der Waals surface area contributed by atoms with Gasteiger partial charge >= 0.3 is 0 Å². The summed E-state index contributed by atoms with van der Waals surface area (Å²) in [5.41, 5.74) is 7.85. The van der Waals surface area contributed by atoms with E-state index in [0.29, 0.717) is 16.8 Å². The van der Waals surface area contributed by atoms with Crippen LogP contribution in [-0.2, 0) is 0 Å². The topological polar surface area (TPSA) is 61.8 Å². The molecule has 0 aliphatic heterocycles. The first-order valence-corrected chi connectivity index (χ1v) is 15.2. The Balaban J connectivity index is 1.38. The van der Waals surface area contributed by atoms with E-state index in [2.05, 4.69) is 92.8 Å². The molecule has 0 saturated carbocycles. The van der Waals surface area contributed by atoms with Crippen molar-refractivity contribution in [2.24, 2.45) is 0 Å². The van der Waals surface area contributed by atoms with Gasteiger partial charge in [0.15, 0.2) is 5.69 Å². The normalized spacial score (nSPS) is 11.5. The van der Waals surface area contributed by atoms with E-state index in [1.165, 1.54) is 20.2 Å². The maximum atomic E-state index is 9.64. The van der Waals surface area contributed by atoms with E-state index in [1.807, 2.05) is 48.5 Å². The highest BCUT2D eigenvalue weighted by atomic mass is 32.1. The van der Waals surface area contributed by atoms with Gasteiger partial charge in [0.1, 0.15) is 0 Å². The van der Waals surface area contributed by atoms with Crippen LogP contribution in [0.5, 0.6) is 0 Å². The van der Waals surface area contributed by atoms with Gasteiger partial charge in [-0.15, -0.1) is 11.3 Å². The molecular weight excluding hydrogens is 571 g/mol. The summed E-state index contributed by atoms with van der Waals surface area (Å²) in [6.07, 6.45) is 0. The van der Waals surface area contributed by atoms with Crippen LogP contribution in [-0.4, -0.2) is 9.13 Å². The van der Waals surface area contributed by atoms with Crippen LogP contribution < -0.4 is 0 Å². The molecule has 206 valence electrons. The van der Waals surface area contributed by atoms with E-state index in [9.17, 15) is 10.5 Å². The molecule has 5 nitrogen and oxygen atoms in total. The molecule has 0 N–H and O–H groups in total. The molecule has 0 bridgehead atoms. The molecule has 3 heterocycles. The summed E-state index contributed by atoms with van der Waals surface area (Å²) < 4.78 is 6.99. The minimum atomic E-state index is 0.578. The van der Waals surface area contributed by atoms with Crippen molar-refractivity contribution in [1.82, 2.24) is 9.13 Å². The minimum Gasteiger partial charge on any atom is -0.309 e. The summed E-state index contributed by atoms with van der Waals surface area (Å²) in [6, 6.07) is 43.4. The fourth-order valence-corrected chi connectivity index (χ4v) is 8.06. The molecule has 0 aliphatic carbocycles. The van der Waals surface area contributed by atoms with Crippen molar-refractivity contribution < 1.29 is 0 Å². The Labute approximate surface area is 261 Å². The van der Waals surface area contributed by atoms with Gasteiger partial charge in [-0.2, -0.15) is 10.5 Å². The number of hydrogen-bond acceptors (Lipinski definition) is 3. The number of benzene rings is 6. The summed E-state index contributed by atoms with van der Waals surface area (Å²) in [6.45, 7) is 7.68. The predicted octanol–water partition coefficient (Wildman–Crippen LogP) is 10.5. The van der Waals surface area contributed by atoms with Gasteiger partial charge in [0.25, 0.3) is 0 Å². The van der Waals surface area contributed by atoms with E-state index < -0.39 is 0 Å². The lowest BCUT2D eigenvalue weighted by Gasteiger charge is -2.13. The molecule has 6 aromatic carbocycles. The third-order valence-corrected chi connectivity index (χ3v) is 9.95. The van der Waals surface area contributed by atoms with E-state index in [0.717, 1.165) is 55.0 Å². The fourth-order valence-electron chi connectivity index (χ4n) is 6.82. The maximum absolute atomic E-state index is 9.64. The van der Waals surface area contributed by atoms with E-state index >= 15 is 0 Å². The number of fused-ring (bicyclic) bond motifs is 10. The zero-order valence-corrected chi connectivity index (χ0v) is 24.4. The van der Waals surface area contributed by atoms with E-state index in [-0.39, 0.29) is 0 Å². The van der Waals surface area contributed by atoms with Gasteiger partial charge in [0, 0.05) is 43.0 Å². The lowest BCUT2D eigenvalue weighted by molar-refractivity contribution is 1.14. The quantitative estimate of drug-likeness (QED) is 0.188. The van der Waals surface area contributed by atoms with Gasteiger partial charge in [-0.25, -0.2) is 4.85 Å². The number of aromatic nitrogens is 2. The van der Waals surface area contributed by atoms with Crippen LogP contribution in [0.1, 0.15) is 11.1 Å². The Morgan fingerprint density at radius 2 is 1.18 bits per heavy atom. The number of rotatable bonds is 2. The maximum Gasteiger partial charge on any atom is 0.188 e. The van der Waals surface area contributed by atoms with Crippen molar-refractivity contribution >= 4 is 80.8 Å². The minimum absolute atomic E-state index is 0.578. The molecule has 0 saturated heterocycles. The molecule has 0 unspecified atom stereocenters. The van der Waals surface area contributed by atoms with Gasteiger partial charge in [-0.3, -0.25) is 0 Å². The third kappa shape index (κ3) is 3.51. The van der Waals surface area contributed by atoms with Crippen molar-refractivity contribution in [1.29, 1.82) is 10.5 Å². The van der Waals surface area contributed by atoms with Crippen LogP contribution in [0.25, 0.3) is 80.0 Å². The number of nitrogens with zero attached hydrogens (tertiary/aromatic N) is 5. The summed E-state index contributed by atoms with van der Waals surface area (Å²) >= 11 is 1.80. The number of thiophene rings is 1. The Morgan fingerprint density at radius 1 is 0.556 bits per heavy atom. The molecular formula is C39H19N5S. The van der Waals surface area contributed by atoms with Gasteiger partial charge in [0.2, 0.25) is 0 Å². The molecule has 0 atom stereocenters. The van der Waals surface area contributed by atoms with Crippen LogP contribution >= 0.6 is 11.3 Å².